The fourth-order valence-electron chi connectivity index (χ4n) is 5.31. The molecule has 0 aliphatic carbocycles. The summed E-state index contributed by atoms with van der Waals surface area (Å²) in [6.07, 6.45) is 2.62. The molecule has 0 radical (unpaired) electrons. The van der Waals surface area contributed by atoms with Crippen LogP contribution in [0.1, 0.15) is 66.5 Å². The zero-order valence-electron chi connectivity index (χ0n) is 25.4. The number of hydrogen-bond donors (Lipinski definition) is 2. The Morgan fingerprint density at radius 1 is 0.956 bits per heavy atom. The molecule has 234 valence electrons. The number of aliphatic hydroxyl groups excluding tert-OH is 1. The van der Waals surface area contributed by atoms with E-state index in [-0.39, 0.29) is 37.9 Å². The van der Waals surface area contributed by atoms with E-state index in [0.29, 0.717) is 36.4 Å². The standard InChI is InChI=1S/C33H38N8O4/c1-2-3-8-18-36-32(43)33(21-25-10-4-5-11-26(25)22-37-40-34)30(29-13-7-6-12-27(29)23-38-41-35)45-31(39-33)24-14-16-28(17-15-24)44-20-9-19-42/h4-7,10-17,30,42H,2-3,8-9,18-23H2,1H3,(H,36,43)/t30-,33-/m1/s1. The van der Waals surface area contributed by atoms with E-state index in [1.165, 1.54) is 0 Å². The normalized spacial score (nSPS) is 16.9. The van der Waals surface area contributed by atoms with Crippen LogP contribution in [0.25, 0.3) is 20.9 Å². The number of carbonyl (C=O) groups is 1. The van der Waals surface area contributed by atoms with Gasteiger partial charge < -0.3 is 19.9 Å². The second kappa shape index (κ2) is 16.7. The van der Waals surface area contributed by atoms with E-state index in [9.17, 15) is 4.79 Å². The molecule has 0 aromatic heterocycles. The minimum absolute atomic E-state index is 0.0415. The molecule has 1 aliphatic heterocycles. The number of unbranched alkanes of at least 4 members (excludes halogenated alkanes) is 2. The summed E-state index contributed by atoms with van der Waals surface area (Å²) in [5.41, 5.74) is 20.3. The van der Waals surface area contributed by atoms with Crippen molar-refractivity contribution in [2.75, 3.05) is 19.8 Å². The third kappa shape index (κ3) is 8.33. The van der Waals surface area contributed by atoms with E-state index in [0.717, 1.165) is 36.0 Å². The van der Waals surface area contributed by atoms with Gasteiger partial charge in [0.2, 0.25) is 5.90 Å². The van der Waals surface area contributed by atoms with Crippen LogP contribution in [0.2, 0.25) is 0 Å². The number of aliphatic hydroxyl groups is 1. The molecule has 1 amide bonds. The van der Waals surface area contributed by atoms with Crippen LogP contribution in [0.3, 0.4) is 0 Å². The van der Waals surface area contributed by atoms with E-state index in [1.807, 2.05) is 60.7 Å². The Kier molecular flexibility index (Phi) is 12.2. The maximum absolute atomic E-state index is 14.4. The Balaban J connectivity index is 1.85. The van der Waals surface area contributed by atoms with Crippen molar-refractivity contribution in [1.29, 1.82) is 0 Å². The molecule has 1 aliphatic rings. The first-order valence-electron chi connectivity index (χ1n) is 15.1. The van der Waals surface area contributed by atoms with Gasteiger partial charge in [0.15, 0.2) is 11.6 Å². The second-order valence-electron chi connectivity index (χ2n) is 10.7. The highest BCUT2D eigenvalue weighted by Gasteiger charge is 2.53. The first-order valence-corrected chi connectivity index (χ1v) is 15.1. The summed E-state index contributed by atoms with van der Waals surface area (Å²) in [4.78, 5) is 25.4. The SMILES string of the molecule is CCCCCNC(=O)[C@]1(Cc2ccccc2CN=[N+]=[N-])N=C(c2ccc(OCCCO)cc2)O[C@@H]1c1ccccc1CN=[N+]=[N-]. The van der Waals surface area contributed by atoms with Crippen LogP contribution < -0.4 is 10.1 Å². The zero-order valence-corrected chi connectivity index (χ0v) is 25.4. The van der Waals surface area contributed by atoms with E-state index in [4.69, 9.17) is 30.6 Å². The summed E-state index contributed by atoms with van der Waals surface area (Å²) in [5.74, 6) is 0.630. The molecule has 3 aromatic rings. The van der Waals surface area contributed by atoms with Gasteiger partial charge >= 0.3 is 0 Å². The molecule has 4 rings (SSSR count). The summed E-state index contributed by atoms with van der Waals surface area (Å²) in [6.45, 7) is 3.20. The quantitative estimate of drug-likeness (QED) is 0.0733. The lowest BCUT2D eigenvalue weighted by atomic mass is 9.79. The van der Waals surface area contributed by atoms with Crippen molar-refractivity contribution in [2.24, 2.45) is 15.2 Å². The van der Waals surface area contributed by atoms with E-state index in [1.54, 1.807) is 12.1 Å². The molecule has 2 atom stereocenters. The molecule has 12 nitrogen and oxygen atoms in total. The molecule has 0 unspecified atom stereocenters. The predicted octanol–water partition coefficient (Wildman–Crippen LogP) is 6.87. The van der Waals surface area contributed by atoms with Crippen molar-refractivity contribution in [2.45, 2.75) is 63.8 Å². The Hall–Kier alpha value is -5.02. The third-order valence-corrected chi connectivity index (χ3v) is 7.62. The Morgan fingerprint density at radius 3 is 2.31 bits per heavy atom. The molecule has 2 N–H and O–H groups in total. The molecule has 0 saturated heterocycles. The highest BCUT2D eigenvalue weighted by Crippen LogP contribution is 2.44. The number of nitrogens with one attached hydrogen (secondary N) is 1. The fraction of sp³-hybridized carbons (Fsp3) is 0.394. The largest absolute Gasteiger partial charge is 0.494 e. The van der Waals surface area contributed by atoms with Crippen LogP contribution in [0.4, 0.5) is 0 Å². The van der Waals surface area contributed by atoms with Crippen LogP contribution in [0, 0.1) is 0 Å². The average molecular weight is 611 g/mol. The molecule has 3 aromatic carbocycles. The van der Waals surface area contributed by atoms with Crippen LogP contribution in [-0.2, 0) is 29.0 Å². The number of rotatable bonds is 17. The topological polar surface area (TPSA) is 178 Å². The average Bonchev–Trinajstić information content (AvgIpc) is 3.46. The van der Waals surface area contributed by atoms with Crippen LogP contribution >= 0.6 is 0 Å². The van der Waals surface area contributed by atoms with Crippen LogP contribution in [0.15, 0.2) is 88.0 Å². The maximum atomic E-state index is 14.4. The first kappa shape index (κ1) is 32.9. The smallest absolute Gasteiger partial charge is 0.252 e. The Bertz CT molecular complexity index is 1560. The highest BCUT2D eigenvalue weighted by atomic mass is 16.5. The first-order chi connectivity index (χ1) is 22.1. The lowest BCUT2D eigenvalue weighted by molar-refractivity contribution is -0.128. The molecule has 45 heavy (non-hydrogen) atoms. The maximum Gasteiger partial charge on any atom is 0.252 e. The van der Waals surface area contributed by atoms with Crippen molar-refractivity contribution >= 4 is 11.8 Å². The lowest BCUT2D eigenvalue weighted by Crippen LogP contribution is -2.50. The number of nitrogens with zero attached hydrogens (tertiary/aromatic N) is 7. The van der Waals surface area contributed by atoms with E-state index >= 15 is 0 Å². The van der Waals surface area contributed by atoms with Gasteiger partial charge in [0.05, 0.1) is 19.7 Å². The van der Waals surface area contributed by atoms with Crippen molar-refractivity contribution in [1.82, 2.24) is 5.32 Å². The molecule has 12 heteroatoms. The van der Waals surface area contributed by atoms with Crippen LogP contribution in [0.5, 0.6) is 5.75 Å². The number of carbonyl (C=O) groups excluding carboxylic acids is 1. The van der Waals surface area contributed by atoms with Gasteiger partial charge in [-0.2, -0.15) is 0 Å². The minimum Gasteiger partial charge on any atom is -0.494 e. The van der Waals surface area contributed by atoms with Gasteiger partial charge in [0.25, 0.3) is 5.91 Å². The number of ether oxygens (including phenoxy) is 2. The summed E-state index contributed by atoms with van der Waals surface area (Å²) < 4.78 is 12.3. The van der Waals surface area contributed by atoms with Gasteiger partial charge in [-0.15, -0.1) is 0 Å². The summed E-state index contributed by atoms with van der Waals surface area (Å²) >= 11 is 0. The number of benzene rings is 3. The number of azide groups is 2. The highest BCUT2D eigenvalue weighted by molar-refractivity contribution is 6.01. The Labute approximate surface area is 262 Å². The number of hydrogen-bond acceptors (Lipinski definition) is 7. The second-order valence-corrected chi connectivity index (χ2v) is 10.7. The third-order valence-electron chi connectivity index (χ3n) is 7.62. The molecule has 0 saturated carbocycles. The molecular formula is C33H38N8O4. The molecule has 0 spiro atoms. The van der Waals surface area contributed by atoms with Crippen molar-refractivity contribution in [3.05, 3.63) is 121 Å². The summed E-state index contributed by atoms with van der Waals surface area (Å²) in [7, 11) is 0. The van der Waals surface area contributed by atoms with E-state index < -0.39 is 11.6 Å². The van der Waals surface area contributed by atoms with Gasteiger partial charge in [-0.25, -0.2) is 4.99 Å². The predicted molar refractivity (Wildman–Crippen MR) is 172 cm³/mol. The molecular weight excluding hydrogens is 572 g/mol. The monoisotopic (exact) mass is 610 g/mol. The summed E-state index contributed by atoms with van der Waals surface area (Å²) in [6, 6.07) is 22.2. The fourth-order valence-corrected chi connectivity index (χ4v) is 5.31. The minimum atomic E-state index is -1.45. The van der Waals surface area contributed by atoms with Crippen molar-refractivity contribution in [3.8, 4) is 5.75 Å². The lowest BCUT2D eigenvalue weighted by Gasteiger charge is -2.32. The molecule has 1 heterocycles. The molecule has 0 fully saturated rings. The zero-order chi connectivity index (χ0) is 31.9. The Morgan fingerprint density at radius 2 is 1.62 bits per heavy atom. The summed E-state index contributed by atoms with van der Waals surface area (Å²) in [5, 5.41) is 19.8. The van der Waals surface area contributed by atoms with Gasteiger partial charge in [-0.05, 0) is 64.0 Å². The van der Waals surface area contributed by atoms with Gasteiger partial charge in [-0.1, -0.05) is 78.5 Å². The van der Waals surface area contributed by atoms with Gasteiger partial charge in [0, 0.05) is 41.4 Å². The molecule has 0 bridgehead atoms. The van der Waals surface area contributed by atoms with E-state index in [2.05, 4.69) is 32.3 Å². The van der Waals surface area contributed by atoms with Gasteiger partial charge in [-0.3, -0.25) is 4.79 Å². The van der Waals surface area contributed by atoms with Crippen LogP contribution in [-0.4, -0.2) is 42.2 Å². The van der Waals surface area contributed by atoms with Crippen molar-refractivity contribution in [3.63, 3.8) is 0 Å². The number of aliphatic imine (C=N–C) groups is 1. The van der Waals surface area contributed by atoms with Crippen molar-refractivity contribution < 1.29 is 19.4 Å². The number of amides is 1. The van der Waals surface area contributed by atoms with Gasteiger partial charge in [0.1, 0.15) is 5.75 Å².